The fourth-order valence-corrected chi connectivity index (χ4v) is 3.15. The first-order valence-corrected chi connectivity index (χ1v) is 9.25. The monoisotopic (exact) mass is 392 g/mol. The maximum atomic E-state index is 9.03. The van der Waals surface area contributed by atoms with Gasteiger partial charge in [0, 0.05) is 11.9 Å². The number of thiazole rings is 1. The highest BCUT2D eigenvalue weighted by molar-refractivity contribution is 7.18. The SMILES string of the molecule is Cc1cc(-c2cnc(Nc3cnc(CO)cn3)s2)nc(Oc2ccccc2)n1. The van der Waals surface area contributed by atoms with Gasteiger partial charge in [0.25, 0.3) is 0 Å². The number of nitrogens with one attached hydrogen (secondary N) is 1. The molecule has 3 heterocycles. The summed E-state index contributed by atoms with van der Waals surface area (Å²) < 4.78 is 5.75. The predicted molar refractivity (Wildman–Crippen MR) is 106 cm³/mol. The Morgan fingerprint density at radius 3 is 2.64 bits per heavy atom. The van der Waals surface area contributed by atoms with Crippen LogP contribution in [0.25, 0.3) is 10.6 Å². The zero-order valence-electron chi connectivity index (χ0n) is 14.9. The minimum atomic E-state index is -0.144. The second-order valence-corrected chi connectivity index (χ2v) is 6.83. The third-order valence-corrected chi connectivity index (χ3v) is 4.58. The molecule has 0 atom stereocenters. The molecule has 0 amide bonds. The summed E-state index contributed by atoms with van der Waals surface area (Å²) in [5.41, 5.74) is 2.03. The number of hydrogen-bond donors (Lipinski definition) is 2. The van der Waals surface area contributed by atoms with Crippen LogP contribution in [-0.2, 0) is 6.61 Å². The standard InChI is InChI=1S/C19H16N6O2S/c1-12-7-15(24-18(23-12)27-14-5-3-2-4-6-14)16-9-22-19(28-16)25-17-10-20-13(11-26)8-21-17/h2-10,26H,11H2,1H3,(H,21,22,25). The molecule has 0 radical (unpaired) electrons. The van der Waals surface area contributed by atoms with Crippen LogP contribution in [-0.4, -0.2) is 30.0 Å². The Kier molecular flexibility index (Phi) is 5.18. The van der Waals surface area contributed by atoms with Gasteiger partial charge in [0.1, 0.15) is 5.75 Å². The van der Waals surface area contributed by atoms with E-state index >= 15 is 0 Å². The highest BCUT2D eigenvalue weighted by Crippen LogP contribution is 2.30. The molecule has 2 N–H and O–H groups in total. The number of hydrogen-bond acceptors (Lipinski definition) is 9. The van der Waals surface area contributed by atoms with E-state index in [1.165, 1.54) is 17.5 Å². The van der Waals surface area contributed by atoms with Crippen LogP contribution in [0, 0.1) is 6.92 Å². The summed E-state index contributed by atoms with van der Waals surface area (Å²) in [6, 6.07) is 11.6. The molecule has 9 heteroatoms. The molecule has 0 saturated heterocycles. The van der Waals surface area contributed by atoms with Gasteiger partial charge in [-0.15, -0.1) is 0 Å². The van der Waals surface area contributed by atoms with Crippen molar-refractivity contribution in [3.05, 3.63) is 66.4 Å². The lowest BCUT2D eigenvalue weighted by Crippen LogP contribution is -1.96. The molecule has 4 rings (SSSR count). The van der Waals surface area contributed by atoms with E-state index in [0.717, 1.165) is 16.3 Å². The minimum Gasteiger partial charge on any atom is -0.424 e. The molecule has 0 aliphatic carbocycles. The molecule has 0 fully saturated rings. The lowest BCUT2D eigenvalue weighted by molar-refractivity contribution is 0.276. The van der Waals surface area contributed by atoms with Crippen molar-refractivity contribution in [2.24, 2.45) is 0 Å². The second kappa shape index (κ2) is 8.07. The van der Waals surface area contributed by atoms with Crippen molar-refractivity contribution in [2.75, 3.05) is 5.32 Å². The van der Waals surface area contributed by atoms with Crippen molar-refractivity contribution in [1.82, 2.24) is 24.9 Å². The quantitative estimate of drug-likeness (QED) is 0.511. The van der Waals surface area contributed by atoms with Gasteiger partial charge in [0.15, 0.2) is 10.9 Å². The average molecular weight is 392 g/mol. The molecular weight excluding hydrogens is 376 g/mol. The van der Waals surface area contributed by atoms with Crippen LogP contribution in [0.1, 0.15) is 11.4 Å². The number of nitrogens with zero attached hydrogens (tertiary/aromatic N) is 5. The smallest absolute Gasteiger partial charge is 0.322 e. The fourth-order valence-electron chi connectivity index (χ4n) is 2.37. The number of benzene rings is 1. The van der Waals surface area contributed by atoms with Gasteiger partial charge in [0.05, 0.1) is 35.3 Å². The minimum absolute atomic E-state index is 0.144. The average Bonchev–Trinajstić information content (AvgIpc) is 3.17. The van der Waals surface area contributed by atoms with Crippen molar-refractivity contribution >= 4 is 22.3 Å². The highest BCUT2D eigenvalue weighted by atomic mass is 32.1. The second-order valence-electron chi connectivity index (χ2n) is 5.80. The Hall–Kier alpha value is -3.43. The number of rotatable bonds is 6. The van der Waals surface area contributed by atoms with Crippen LogP contribution >= 0.6 is 11.3 Å². The molecule has 1 aromatic carbocycles. The van der Waals surface area contributed by atoms with Crippen molar-refractivity contribution in [3.8, 4) is 22.3 Å². The summed E-state index contributed by atoms with van der Waals surface area (Å²) in [5, 5.41) is 12.8. The number of aliphatic hydroxyl groups is 1. The van der Waals surface area contributed by atoms with Gasteiger partial charge in [-0.05, 0) is 25.1 Å². The number of anilines is 2. The summed E-state index contributed by atoms with van der Waals surface area (Å²) in [6.07, 6.45) is 4.79. The van der Waals surface area contributed by atoms with E-state index in [-0.39, 0.29) is 12.6 Å². The first kappa shape index (κ1) is 18.0. The summed E-state index contributed by atoms with van der Waals surface area (Å²) in [7, 11) is 0. The molecule has 3 aromatic heterocycles. The zero-order chi connectivity index (χ0) is 19.3. The van der Waals surface area contributed by atoms with Crippen LogP contribution in [0.2, 0.25) is 0 Å². The van der Waals surface area contributed by atoms with E-state index in [1.807, 2.05) is 43.3 Å². The van der Waals surface area contributed by atoms with E-state index in [1.54, 1.807) is 12.4 Å². The maximum absolute atomic E-state index is 9.03. The first-order chi connectivity index (χ1) is 13.7. The lowest BCUT2D eigenvalue weighted by atomic mass is 10.3. The lowest BCUT2D eigenvalue weighted by Gasteiger charge is -2.06. The number of ether oxygens (including phenoxy) is 1. The van der Waals surface area contributed by atoms with Crippen molar-refractivity contribution < 1.29 is 9.84 Å². The Balaban J connectivity index is 1.54. The Morgan fingerprint density at radius 1 is 1.04 bits per heavy atom. The molecule has 8 nitrogen and oxygen atoms in total. The third kappa shape index (κ3) is 4.27. The van der Waals surface area contributed by atoms with Gasteiger partial charge < -0.3 is 15.2 Å². The number of para-hydroxylation sites is 1. The van der Waals surface area contributed by atoms with E-state index in [9.17, 15) is 0 Å². The van der Waals surface area contributed by atoms with Crippen LogP contribution in [0.5, 0.6) is 11.8 Å². The molecule has 0 aliphatic heterocycles. The molecule has 0 bridgehead atoms. The van der Waals surface area contributed by atoms with E-state index < -0.39 is 0 Å². The van der Waals surface area contributed by atoms with Crippen LogP contribution in [0.4, 0.5) is 10.9 Å². The normalized spacial score (nSPS) is 10.6. The number of aryl methyl sites for hydroxylation is 1. The molecule has 0 aliphatic rings. The van der Waals surface area contributed by atoms with Gasteiger partial charge in [0.2, 0.25) is 0 Å². The molecule has 28 heavy (non-hydrogen) atoms. The zero-order valence-corrected chi connectivity index (χ0v) is 15.7. The molecule has 0 unspecified atom stereocenters. The van der Waals surface area contributed by atoms with Crippen LogP contribution in [0.15, 0.2) is 55.0 Å². The van der Waals surface area contributed by atoms with E-state index in [4.69, 9.17) is 9.84 Å². The fraction of sp³-hybridized carbons (Fsp3) is 0.105. The molecular formula is C19H16N6O2S. The molecule has 4 aromatic rings. The van der Waals surface area contributed by atoms with Gasteiger partial charge in [-0.3, -0.25) is 4.98 Å². The largest absolute Gasteiger partial charge is 0.424 e. The summed E-state index contributed by atoms with van der Waals surface area (Å²) in [6.45, 7) is 1.75. The molecule has 140 valence electrons. The highest BCUT2D eigenvalue weighted by Gasteiger charge is 2.11. The van der Waals surface area contributed by atoms with Gasteiger partial charge in [-0.1, -0.05) is 29.5 Å². The van der Waals surface area contributed by atoms with Crippen molar-refractivity contribution in [2.45, 2.75) is 13.5 Å². The first-order valence-electron chi connectivity index (χ1n) is 8.43. The summed E-state index contributed by atoms with van der Waals surface area (Å²) >= 11 is 1.43. The van der Waals surface area contributed by atoms with Crippen LogP contribution in [0.3, 0.4) is 0 Å². The van der Waals surface area contributed by atoms with Gasteiger partial charge in [-0.2, -0.15) is 4.98 Å². The van der Waals surface area contributed by atoms with Crippen LogP contribution < -0.4 is 10.1 Å². The molecule has 0 saturated carbocycles. The summed E-state index contributed by atoms with van der Waals surface area (Å²) in [5.74, 6) is 1.22. The van der Waals surface area contributed by atoms with E-state index in [0.29, 0.717) is 22.4 Å². The Bertz CT molecular complexity index is 1070. The number of aliphatic hydroxyl groups excluding tert-OH is 1. The van der Waals surface area contributed by atoms with E-state index in [2.05, 4.69) is 30.2 Å². The van der Waals surface area contributed by atoms with Crippen molar-refractivity contribution in [1.29, 1.82) is 0 Å². The molecule has 0 spiro atoms. The van der Waals surface area contributed by atoms with Gasteiger partial charge in [-0.25, -0.2) is 15.0 Å². The Morgan fingerprint density at radius 2 is 1.89 bits per heavy atom. The van der Waals surface area contributed by atoms with Gasteiger partial charge >= 0.3 is 6.01 Å². The predicted octanol–water partition coefficient (Wildman–Crippen LogP) is 3.73. The third-order valence-electron chi connectivity index (χ3n) is 3.65. The Labute approximate surface area is 165 Å². The van der Waals surface area contributed by atoms with Crippen molar-refractivity contribution in [3.63, 3.8) is 0 Å². The summed E-state index contributed by atoms with van der Waals surface area (Å²) in [4.78, 5) is 22.3. The topological polar surface area (TPSA) is 106 Å². The number of aromatic nitrogens is 5. The maximum Gasteiger partial charge on any atom is 0.322 e.